The smallest absolute Gasteiger partial charge is 0.0792 e. The first-order valence-electron chi connectivity index (χ1n) is 9.54. The van der Waals surface area contributed by atoms with Gasteiger partial charge in [-0.1, -0.05) is 42.5 Å². The van der Waals surface area contributed by atoms with Gasteiger partial charge in [-0.25, -0.2) is 0 Å². The van der Waals surface area contributed by atoms with Crippen LogP contribution in [0.15, 0.2) is 72.9 Å². The molecule has 1 fully saturated rings. The molecule has 5 rings (SSSR count). The number of pyridine rings is 2. The van der Waals surface area contributed by atoms with Crippen LogP contribution in [0.3, 0.4) is 0 Å². The van der Waals surface area contributed by atoms with E-state index in [1.54, 1.807) is 0 Å². The zero-order valence-electron chi connectivity index (χ0n) is 15.2. The second kappa shape index (κ2) is 7.06. The Hall–Kier alpha value is -2.82. The molecule has 0 aliphatic carbocycles. The van der Waals surface area contributed by atoms with Crippen molar-refractivity contribution in [2.24, 2.45) is 0 Å². The molecule has 27 heavy (non-hydrogen) atoms. The summed E-state index contributed by atoms with van der Waals surface area (Å²) >= 11 is 0. The van der Waals surface area contributed by atoms with Crippen molar-refractivity contribution in [3.63, 3.8) is 0 Å². The summed E-state index contributed by atoms with van der Waals surface area (Å²) in [5.41, 5.74) is 4.38. The van der Waals surface area contributed by atoms with E-state index in [4.69, 9.17) is 9.97 Å². The predicted octanol–water partition coefficient (Wildman–Crippen LogP) is 3.78. The number of benzene rings is 2. The normalized spacial score (nSPS) is 16.6. The summed E-state index contributed by atoms with van der Waals surface area (Å²) in [6.07, 6.45) is 2.02. The van der Waals surface area contributed by atoms with Crippen LogP contribution in [0.4, 0.5) is 0 Å². The number of para-hydroxylation sites is 2. The predicted molar refractivity (Wildman–Crippen MR) is 110 cm³/mol. The van der Waals surface area contributed by atoms with Crippen molar-refractivity contribution in [2.45, 2.75) is 6.04 Å². The maximum absolute atomic E-state index is 5.02. The summed E-state index contributed by atoms with van der Waals surface area (Å²) in [4.78, 5) is 12.2. The standard InChI is InChI=1S/C23H22N4/c1-4-8-21-17(5-1)9-10-22(26-21)23(27-13-11-24-12-14-27)19-15-18-6-2-3-7-20(18)25-16-19/h1-10,15-16,23-24H,11-14H2. The Labute approximate surface area is 158 Å². The topological polar surface area (TPSA) is 41.1 Å². The Morgan fingerprint density at radius 3 is 2.41 bits per heavy atom. The van der Waals surface area contributed by atoms with E-state index in [0.717, 1.165) is 42.9 Å². The summed E-state index contributed by atoms with van der Waals surface area (Å²) in [6.45, 7) is 4.02. The van der Waals surface area contributed by atoms with E-state index in [9.17, 15) is 0 Å². The van der Waals surface area contributed by atoms with Gasteiger partial charge in [-0.2, -0.15) is 0 Å². The lowest BCUT2D eigenvalue weighted by Crippen LogP contribution is -2.45. The summed E-state index contributed by atoms with van der Waals surface area (Å²) in [6, 6.07) is 23.4. The second-order valence-electron chi connectivity index (χ2n) is 7.08. The minimum Gasteiger partial charge on any atom is -0.314 e. The number of aromatic nitrogens is 2. The van der Waals surface area contributed by atoms with E-state index in [2.05, 4.69) is 70.9 Å². The largest absolute Gasteiger partial charge is 0.314 e. The molecule has 1 aliphatic rings. The van der Waals surface area contributed by atoms with E-state index in [-0.39, 0.29) is 6.04 Å². The fourth-order valence-corrected chi connectivity index (χ4v) is 3.98. The molecule has 1 aliphatic heterocycles. The Morgan fingerprint density at radius 2 is 1.56 bits per heavy atom. The minimum absolute atomic E-state index is 0.119. The van der Waals surface area contributed by atoms with Crippen LogP contribution in [0, 0.1) is 0 Å². The van der Waals surface area contributed by atoms with Gasteiger partial charge in [-0.15, -0.1) is 0 Å². The number of rotatable bonds is 3. The van der Waals surface area contributed by atoms with Gasteiger partial charge >= 0.3 is 0 Å². The highest BCUT2D eigenvalue weighted by molar-refractivity contribution is 5.80. The molecule has 1 atom stereocenters. The van der Waals surface area contributed by atoms with Crippen LogP contribution in [0.1, 0.15) is 17.3 Å². The third-order valence-electron chi connectivity index (χ3n) is 5.34. The van der Waals surface area contributed by atoms with Crippen molar-refractivity contribution in [2.75, 3.05) is 26.2 Å². The molecular weight excluding hydrogens is 332 g/mol. The third-order valence-corrected chi connectivity index (χ3v) is 5.34. The Kier molecular flexibility index (Phi) is 4.28. The van der Waals surface area contributed by atoms with E-state index in [1.807, 2.05) is 12.3 Å². The van der Waals surface area contributed by atoms with E-state index >= 15 is 0 Å². The van der Waals surface area contributed by atoms with Gasteiger partial charge in [-0.05, 0) is 29.8 Å². The minimum atomic E-state index is 0.119. The van der Waals surface area contributed by atoms with Gasteiger partial charge in [-0.3, -0.25) is 14.9 Å². The van der Waals surface area contributed by atoms with E-state index in [0.29, 0.717) is 0 Å². The number of hydrogen-bond donors (Lipinski definition) is 1. The van der Waals surface area contributed by atoms with Crippen molar-refractivity contribution in [3.8, 4) is 0 Å². The Balaban J connectivity index is 1.64. The van der Waals surface area contributed by atoms with Gasteiger partial charge in [0.05, 0.1) is 22.8 Å². The van der Waals surface area contributed by atoms with Gasteiger partial charge in [0.2, 0.25) is 0 Å². The highest BCUT2D eigenvalue weighted by Crippen LogP contribution is 2.30. The Bertz CT molecular complexity index is 1010. The molecular formula is C23H22N4. The molecule has 2 aromatic heterocycles. The summed E-state index contributed by atoms with van der Waals surface area (Å²) in [5, 5.41) is 5.81. The average molecular weight is 354 g/mol. The fourth-order valence-electron chi connectivity index (χ4n) is 3.98. The SMILES string of the molecule is c1ccc2ncc(C(c3ccc4ccccc4n3)N3CCNCC3)cc2c1. The molecule has 1 unspecified atom stereocenters. The summed E-state index contributed by atoms with van der Waals surface area (Å²) in [7, 11) is 0. The van der Waals surface area contributed by atoms with Gasteiger partial charge in [0.1, 0.15) is 0 Å². The van der Waals surface area contributed by atoms with Gasteiger partial charge in [0, 0.05) is 43.1 Å². The number of nitrogens with zero attached hydrogens (tertiary/aromatic N) is 3. The van der Waals surface area contributed by atoms with Crippen molar-refractivity contribution in [1.82, 2.24) is 20.2 Å². The number of nitrogens with one attached hydrogen (secondary N) is 1. The molecule has 0 radical (unpaired) electrons. The molecule has 0 spiro atoms. The third kappa shape index (κ3) is 3.18. The molecule has 2 aromatic carbocycles. The van der Waals surface area contributed by atoms with Crippen molar-refractivity contribution in [1.29, 1.82) is 0 Å². The number of fused-ring (bicyclic) bond motifs is 2. The van der Waals surface area contributed by atoms with Crippen LogP contribution >= 0.6 is 0 Å². The highest BCUT2D eigenvalue weighted by Gasteiger charge is 2.25. The highest BCUT2D eigenvalue weighted by atomic mass is 15.2. The van der Waals surface area contributed by atoms with Crippen LogP contribution in [0.2, 0.25) is 0 Å². The number of piperazine rings is 1. The van der Waals surface area contributed by atoms with Gasteiger partial charge in [0.15, 0.2) is 0 Å². The summed E-state index contributed by atoms with van der Waals surface area (Å²) < 4.78 is 0. The molecule has 134 valence electrons. The van der Waals surface area contributed by atoms with Gasteiger partial charge < -0.3 is 5.32 Å². The Morgan fingerprint density at radius 1 is 0.815 bits per heavy atom. The quantitative estimate of drug-likeness (QED) is 0.608. The van der Waals surface area contributed by atoms with E-state index in [1.165, 1.54) is 16.3 Å². The first-order chi connectivity index (χ1) is 13.4. The maximum atomic E-state index is 5.02. The lowest BCUT2D eigenvalue weighted by atomic mass is 9.99. The van der Waals surface area contributed by atoms with Crippen LogP contribution < -0.4 is 5.32 Å². The first kappa shape index (κ1) is 16.4. The zero-order valence-corrected chi connectivity index (χ0v) is 15.2. The zero-order chi connectivity index (χ0) is 18.1. The van der Waals surface area contributed by atoms with Crippen LogP contribution in [-0.2, 0) is 0 Å². The molecule has 4 aromatic rings. The van der Waals surface area contributed by atoms with Crippen molar-refractivity contribution >= 4 is 21.8 Å². The van der Waals surface area contributed by atoms with Crippen LogP contribution in [0.5, 0.6) is 0 Å². The van der Waals surface area contributed by atoms with Crippen LogP contribution in [-0.4, -0.2) is 41.0 Å². The van der Waals surface area contributed by atoms with Crippen molar-refractivity contribution in [3.05, 3.63) is 84.2 Å². The lowest BCUT2D eigenvalue weighted by Gasteiger charge is -2.35. The lowest BCUT2D eigenvalue weighted by molar-refractivity contribution is 0.195. The second-order valence-corrected chi connectivity index (χ2v) is 7.08. The van der Waals surface area contributed by atoms with Crippen LogP contribution in [0.25, 0.3) is 21.8 Å². The van der Waals surface area contributed by atoms with Crippen molar-refractivity contribution < 1.29 is 0 Å². The molecule has 4 heteroatoms. The molecule has 1 saturated heterocycles. The molecule has 4 nitrogen and oxygen atoms in total. The first-order valence-corrected chi connectivity index (χ1v) is 9.54. The maximum Gasteiger partial charge on any atom is 0.0792 e. The average Bonchev–Trinajstić information content (AvgIpc) is 2.74. The molecule has 0 bridgehead atoms. The monoisotopic (exact) mass is 354 g/mol. The molecule has 1 N–H and O–H groups in total. The summed E-state index contributed by atoms with van der Waals surface area (Å²) in [5.74, 6) is 0. The molecule has 3 heterocycles. The molecule has 0 amide bonds. The number of hydrogen-bond acceptors (Lipinski definition) is 4. The fraction of sp³-hybridized carbons (Fsp3) is 0.217. The molecule has 0 saturated carbocycles. The van der Waals surface area contributed by atoms with Gasteiger partial charge in [0.25, 0.3) is 0 Å². The van der Waals surface area contributed by atoms with E-state index < -0.39 is 0 Å².